The largest absolute Gasteiger partial charge is 0.497 e. The van der Waals surface area contributed by atoms with Gasteiger partial charge >= 0.3 is 12.1 Å². The van der Waals surface area contributed by atoms with E-state index in [9.17, 15) is 18.0 Å². The molecule has 1 atom stereocenters. The summed E-state index contributed by atoms with van der Waals surface area (Å²) in [6.07, 6.45) is -3.21. The lowest BCUT2D eigenvalue weighted by Gasteiger charge is -2.24. The molecule has 0 amide bonds. The van der Waals surface area contributed by atoms with Gasteiger partial charge in [0.25, 0.3) is 0 Å². The van der Waals surface area contributed by atoms with Gasteiger partial charge in [-0.25, -0.2) is 4.79 Å². The maximum absolute atomic E-state index is 12.7. The quantitative estimate of drug-likeness (QED) is 0.749. The number of hydrogen-bond acceptors (Lipinski definition) is 3. The zero-order chi connectivity index (χ0) is 18.0. The average molecular weight is 348 g/mol. The third-order valence-corrected chi connectivity index (χ3v) is 4.03. The molecule has 0 aliphatic carbocycles. The van der Waals surface area contributed by atoms with Crippen molar-refractivity contribution in [3.05, 3.63) is 71.3 Å². The van der Waals surface area contributed by atoms with Crippen molar-refractivity contribution in [1.29, 1.82) is 0 Å². The van der Waals surface area contributed by atoms with Crippen molar-refractivity contribution in [2.24, 2.45) is 0 Å². The van der Waals surface area contributed by atoms with Crippen molar-refractivity contribution in [3.8, 4) is 5.75 Å². The van der Waals surface area contributed by atoms with Gasteiger partial charge in [0.2, 0.25) is 0 Å². The van der Waals surface area contributed by atoms with Crippen LogP contribution < -0.4 is 4.74 Å². The molecular formula is C19H15F3O3. The molecule has 6 heteroatoms. The molecule has 0 saturated carbocycles. The SMILES string of the molecule is COc1ccc(C2=CC(=O)OC(c3ccc(C(F)(F)F)cc3)C2)cc1. The van der Waals surface area contributed by atoms with E-state index in [1.165, 1.54) is 18.2 Å². The first-order valence-electron chi connectivity index (χ1n) is 7.59. The number of ether oxygens (including phenoxy) is 2. The number of carbonyl (C=O) groups excluding carboxylic acids is 1. The number of methoxy groups -OCH3 is 1. The molecule has 0 saturated heterocycles. The topological polar surface area (TPSA) is 35.5 Å². The fraction of sp³-hybridized carbons (Fsp3) is 0.211. The van der Waals surface area contributed by atoms with Gasteiger partial charge in [0, 0.05) is 12.5 Å². The first-order chi connectivity index (χ1) is 11.9. The molecule has 1 heterocycles. The third kappa shape index (κ3) is 3.84. The Kier molecular flexibility index (Phi) is 4.53. The Morgan fingerprint density at radius 1 is 1.04 bits per heavy atom. The fourth-order valence-electron chi connectivity index (χ4n) is 2.70. The molecule has 0 bridgehead atoms. The van der Waals surface area contributed by atoms with Crippen LogP contribution in [0.3, 0.4) is 0 Å². The van der Waals surface area contributed by atoms with Gasteiger partial charge in [0.15, 0.2) is 0 Å². The number of alkyl halides is 3. The predicted molar refractivity (Wildman–Crippen MR) is 85.9 cm³/mol. The lowest BCUT2D eigenvalue weighted by molar-refractivity contribution is -0.144. The van der Waals surface area contributed by atoms with Crippen molar-refractivity contribution in [2.75, 3.05) is 7.11 Å². The smallest absolute Gasteiger partial charge is 0.416 e. The Hall–Kier alpha value is -2.76. The number of halogens is 3. The molecule has 0 N–H and O–H groups in total. The van der Waals surface area contributed by atoms with Crippen molar-refractivity contribution < 1.29 is 27.4 Å². The van der Waals surface area contributed by atoms with Crippen LogP contribution in [-0.2, 0) is 15.7 Å². The van der Waals surface area contributed by atoms with E-state index in [4.69, 9.17) is 9.47 Å². The molecule has 3 nitrogen and oxygen atoms in total. The molecule has 0 aromatic heterocycles. The Bertz CT molecular complexity index is 790. The molecule has 2 aromatic rings. The number of rotatable bonds is 3. The molecule has 0 fully saturated rings. The summed E-state index contributed by atoms with van der Waals surface area (Å²) in [6, 6.07) is 11.9. The highest BCUT2D eigenvalue weighted by Gasteiger charge is 2.31. The summed E-state index contributed by atoms with van der Waals surface area (Å²) in [7, 11) is 1.56. The molecule has 0 radical (unpaired) electrons. The van der Waals surface area contributed by atoms with Gasteiger partial charge in [-0.3, -0.25) is 0 Å². The van der Waals surface area contributed by atoms with Crippen LogP contribution in [0, 0.1) is 0 Å². The van der Waals surface area contributed by atoms with Gasteiger partial charge in [0.1, 0.15) is 11.9 Å². The predicted octanol–water partition coefficient (Wildman–Crippen LogP) is 4.79. The standard InChI is InChI=1S/C19H15F3O3/c1-24-16-8-4-12(5-9-16)14-10-17(25-18(23)11-14)13-2-6-15(7-3-13)19(20,21)22/h2-9,11,17H,10H2,1H3. The third-order valence-electron chi connectivity index (χ3n) is 4.03. The monoisotopic (exact) mass is 348 g/mol. The Morgan fingerprint density at radius 3 is 2.24 bits per heavy atom. The van der Waals surface area contributed by atoms with Crippen LogP contribution >= 0.6 is 0 Å². The highest BCUT2D eigenvalue weighted by molar-refractivity contribution is 5.93. The summed E-state index contributed by atoms with van der Waals surface area (Å²) >= 11 is 0. The first kappa shape index (κ1) is 17.1. The van der Waals surface area contributed by atoms with E-state index in [1.807, 2.05) is 12.1 Å². The summed E-state index contributed by atoms with van der Waals surface area (Å²) in [6.45, 7) is 0. The van der Waals surface area contributed by atoms with Crippen molar-refractivity contribution in [1.82, 2.24) is 0 Å². The Morgan fingerprint density at radius 2 is 1.68 bits per heavy atom. The Balaban J connectivity index is 1.82. The van der Waals surface area contributed by atoms with Gasteiger partial charge in [-0.15, -0.1) is 0 Å². The van der Waals surface area contributed by atoms with Crippen LogP contribution in [-0.4, -0.2) is 13.1 Å². The van der Waals surface area contributed by atoms with E-state index in [-0.39, 0.29) is 0 Å². The van der Waals surface area contributed by atoms with Gasteiger partial charge in [-0.2, -0.15) is 13.2 Å². The molecule has 25 heavy (non-hydrogen) atoms. The van der Waals surface area contributed by atoms with Gasteiger partial charge in [-0.05, 0) is 41.0 Å². The van der Waals surface area contributed by atoms with Gasteiger partial charge in [0.05, 0.1) is 12.7 Å². The van der Waals surface area contributed by atoms with Gasteiger partial charge in [-0.1, -0.05) is 24.3 Å². The first-order valence-corrected chi connectivity index (χ1v) is 7.59. The minimum absolute atomic E-state index is 0.392. The summed E-state index contributed by atoms with van der Waals surface area (Å²) in [5.74, 6) is 0.184. The number of esters is 1. The fourth-order valence-corrected chi connectivity index (χ4v) is 2.70. The van der Waals surface area contributed by atoms with Crippen LogP contribution in [0.2, 0.25) is 0 Å². The second-order valence-electron chi connectivity index (χ2n) is 5.65. The van der Waals surface area contributed by atoms with Crippen LogP contribution in [0.1, 0.15) is 29.2 Å². The van der Waals surface area contributed by atoms with Crippen LogP contribution in [0.4, 0.5) is 13.2 Å². The molecule has 1 aliphatic rings. The number of carbonyl (C=O) groups is 1. The van der Waals surface area contributed by atoms with Crippen LogP contribution in [0.5, 0.6) is 5.75 Å². The molecular weight excluding hydrogens is 333 g/mol. The summed E-state index contributed by atoms with van der Waals surface area (Å²) in [5.41, 5.74) is 1.41. The molecule has 0 spiro atoms. The second kappa shape index (κ2) is 6.63. The average Bonchev–Trinajstić information content (AvgIpc) is 2.60. The molecule has 2 aromatic carbocycles. The summed E-state index contributed by atoms with van der Waals surface area (Å²) in [5, 5.41) is 0. The zero-order valence-electron chi connectivity index (χ0n) is 13.3. The highest BCUT2D eigenvalue weighted by atomic mass is 19.4. The molecule has 1 unspecified atom stereocenters. The van der Waals surface area contributed by atoms with E-state index in [1.54, 1.807) is 19.2 Å². The summed E-state index contributed by atoms with van der Waals surface area (Å²) < 4.78 is 48.4. The minimum Gasteiger partial charge on any atom is -0.497 e. The number of benzene rings is 2. The normalized spacial score (nSPS) is 17.7. The van der Waals surface area contributed by atoms with Crippen molar-refractivity contribution >= 4 is 11.5 Å². The van der Waals surface area contributed by atoms with Gasteiger partial charge < -0.3 is 9.47 Å². The molecule has 130 valence electrons. The summed E-state index contributed by atoms with van der Waals surface area (Å²) in [4.78, 5) is 11.9. The number of cyclic esters (lactones) is 1. The highest BCUT2D eigenvalue weighted by Crippen LogP contribution is 2.36. The van der Waals surface area contributed by atoms with E-state index < -0.39 is 23.8 Å². The minimum atomic E-state index is -4.39. The lowest BCUT2D eigenvalue weighted by Crippen LogP contribution is -2.16. The maximum Gasteiger partial charge on any atom is 0.416 e. The second-order valence-corrected chi connectivity index (χ2v) is 5.65. The lowest BCUT2D eigenvalue weighted by atomic mass is 9.93. The van der Waals surface area contributed by atoms with E-state index >= 15 is 0 Å². The number of hydrogen-bond donors (Lipinski definition) is 0. The van der Waals surface area contributed by atoms with E-state index in [2.05, 4.69) is 0 Å². The van der Waals surface area contributed by atoms with E-state index in [0.717, 1.165) is 23.3 Å². The van der Waals surface area contributed by atoms with Crippen LogP contribution in [0.15, 0.2) is 54.6 Å². The van der Waals surface area contributed by atoms with Crippen molar-refractivity contribution in [3.63, 3.8) is 0 Å². The van der Waals surface area contributed by atoms with E-state index in [0.29, 0.717) is 17.7 Å². The Labute approximate surface area is 142 Å². The van der Waals surface area contributed by atoms with Crippen LogP contribution in [0.25, 0.3) is 5.57 Å². The zero-order valence-corrected chi connectivity index (χ0v) is 13.3. The maximum atomic E-state index is 12.7. The molecule has 1 aliphatic heterocycles. The van der Waals surface area contributed by atoms with Crippen molar-refractivity contribution in [2.45, 2.75) is 18.7 Å². The molecule has 3 rings (SSSR count).